The molecule has 0 aromatic heterocycles. The SMILES string of the molecule is CNC1(C)CCN(Cc2cc(Cl)cc(Cl)c2O)CC1. The number of phenols is 1. The van der Waals surface area contributed by atoms with E-state index in [0.29, 0.717) is 16.6 Å². The molecule has 19 heavy (non-hydrogen) atoms. The lowest BCUT2D eigenvalue weighted by Gasteiger charge is -2.39. The second kappa shape index (κ2) is 5.88. The lowest BCUT2D eigenvalue weighted by molar-refractivity contribution is 0.145. The van der Waals surface area contributed by atoms with Gasteiger partial charge in [0.2, 0.25) is 0 Å². The lowest BCUT2D eigenvalue weighted by Crippen LogP contribution is -2.49. The van der Waals surface area contributed by atoms with Gasteiger partial charge in [0.25, 0.3) is 0 Å². The normalized spacial score (nSPS) is 19.6. The van der Waals surface area contributed by atoms with E-state index in [4.69, 9.17) is 23.2 Å². The maximum absolute atomic E-state index is 9.97. The molecule has 2 N–H and O–H groups in total. The standard InChI is InChI=1S/C14H20Cl2N2O/c1-14(17-2)3-5-18(6-4-14)9-10-7-11(15)8-12(16)13(10)19/h7-8,17,19H,3-6,9H2,1-2H3. The monoisotopic (exact) mass is 302 g/mol. The molecule has 0 unspecified atom stereocenters. The van der Waals surface area contributed by atoms with Crippen LogP contribution in [0.15, 0.2) is 12.1 Å². The largest absolute Gasteiger partial charge is 0.506 e. The van der Waals surface area contributed by atoms with Gasteiger partial charge < -0.3 is 10.4 Å². The van der Waals surface area contributed by atoms with Crippen molar-refractivity contribution in [2.75, 3.05) is 20.1 Å². The molecule has 1 heterocycles. The van der Waals surface area contributed by atoms with Crippen LogP contribution < -0.4 is 5.32 Å². The Morgan fingerprint density at radius 2 is 1.95 bits per heavy atom. The fourth-order valence-corrected chi connectivity index (χ4v) is 2.97. The van der Waals surface area contributed by atoms with Crippen molar-refractivity contribution in [1.29, 1.82) is 0 Å². The minimum Gasteiger partial charge on any atom is -0.506 e. The van der Waals surface area contributed by atoms with Gasteiger partial charge in [0.1, 0.15) is 5.75 Å². The van der Waals surface area contributed by atoms with Crippen LogP contribution in [0.1, 0.15) is 25.3 Å². The van der Waals surface area contributed by atoms with Gasteiger partial charge in [-0.3, -0.25) is 4.90 Å². The van der Waals surface area contributed by atoms with E-state index < -0.39 is 0 Å². The molecule has 0 bridgehead atoms. The average Bonchev–Trinajstić information content (AvgIpc) is 2.38. The van der Waals surface area contributed by atoms with Gasteiger partial charge in [-0.25, -0.2) is 0 Å². The molecule has 0 saturated carbocycles. The van der Waals surface area contributed by atoms with Crippen LogP contribution in [-0.4, -0.2) is 35.7 Å². The van der Waals surface area contributed by atoms with E-state index >= 15 is 0 Å². The molecule has 0 atom stereocenters. The number of hydrogen-bond acceptors (Lipinski definition) is 3. The first kappa shape index (κ1) is 14.9. The van der Waals surface area contributed by atoms with Gasteiger partial charge in [0, 0.05) is 35.8 Å². The Hall–Kier alpha value is -0.480. The number of piperidine rings is 1. The molecule has 0 spiro atoms. The molecule has 3 nitrogen and oxygen atoms in total. The first-order chi connectivity index (χ1) is 8.93. The molecule has 1 saturated heterocycles. The van der Waals surface area contributed by atoms with Gasteiger partial charge in [0.15, 0.2) is 0 Å². The molecular formula is C14H20Cl2N2O. The Morgan fingerprint density at radius 1 is 1.32 bits per heavy atom. The Morgan fingerprint density at radius 3 is 2.53 bits per heavy atom. The molecule has 1 aromatic rings. The summed E-state index contributed by atoms with van der Waals surface area (Å²) in [5, 5.41) is 14.2. The molecule has 1 aliphatic rings. The smallest absolute Gasteiger partial charge is 0.138 e. The summed E-state index contributed by atoms with van der Waals surface area (Å²) in [6, 6.07) is 3.35. The van der Waals surface area contributed by atoms with Crippen LogP contribution in [0.4, 0.5) is 0 Å². The summed E-state index contributed by atoms with van der Waals surface area (Å²) >= 11 is 11.9. The zero-order chi connectivity index (χ0) is 14.0. The van der Waals surface area contributed by atoms with Gasteiger partial charge in [-0.1, -0.05) is 23.2 Å². The second-order valence-electron chi connectivity index (χ2n) is 5.48. The van der Waals surface area contributed by atoms with Crippen LogP contribution in [0.2, 0.25) is 10.0 Å². The number of rotatable bonds is 3. The lowest BCUT2D eigenvalue weighted by atomic mass is 9.90. The number of benzene rings is 1. The predicted molar refractivity (Wildman–Crippen MR) is 80.1 cm³/mol. The van der Waals surface area contributed by atoms with Crippen molar-refractivity contribution in [3.05, 3.63) is 27.7 Å². The van der Waals surface area contributed by atoms with Crippen LogP contribution in [0, 0.1) is 0 Å². The summed E-state index contributed by atoms with van der Waals surface area (Å²) in [4.78, 5) is 2.32. The van der Waals surface area contributed by atoms with E-state index in [0.717, 1.165) is 31.5 Å². The van der Waals surface area contributed by atoms with Crippen molar-refractivity contribution < 1.29 is 5.11 Å². The summed E-state index contributed by atoms with van der Waals surface area (Å²) < 4.78 is 0. The molecular weight excluding hydrogens is 283 g/mol. The van der Waals surface area contributed by atoms with Crippen molar-refractivity contribution in [3.63, 3.8) is 0 Å². The Kier molecular flexibility index (Phi) is 4.62. The summed E-state index contributed by atoms with van der Waals surface area (Å²) in [6.45, 7) is 4.94. The van der Waals surface area contributed by atoms with Gasteiger partial charge in [-0.05, 0) is 38.9 Å². The number of nitrogens with one attached hydrogen (secondary N) is 1. The van der Waals surface area contributed by atoms with Crippen LogP contribution in [0.5, 0.6) is 5.75 Å². The fourth-order valence-electron chi connectivity index (χ4n) is 2.44. The van der Waals surface area contributed by atoms with E-state index in [1.54, 1.807) is 12.1 Å². The van der Waals surface area contributed by atoms with Gasteiger partial charge in [-0.15, -0.1) is 0 Å². The summed E-state index contributed by atoms with van der Waals surface area (Å²) in [5.41, 5.74) is 1.02. The maximum atomic E-state index is 9.97. The quantitative estimate of drug-likeness (QED) is 0.899. The first-order valence-electron chi connectivity index (χ1n) is 6.52. The topological polar surface area (TPSA) is 35.5 Å². The van der Waals surface area contributed by atoms with Crippen molar-refractivity contribution in [3.8, 4) is 5.75 Å². The van der Waals surface area contributed by atoms with Gasteiger partial charge in [-0.2, -0.15) is 0 Å². The summed E-state index contributed by atoms with van der Waals surface area (Å²) in [7, 11) is 2.01. The van der Waals surface area contributed by atoms with Crippen molar-refractivity contribution in [1.82, 2.24) is 10.2 Å². The van der Waals surface area contributed by atoms with E-state index in [9.17, 15) is 5.11 Å². The van der Waals surface area contributed by atoms with E-state index in [1.165, 1.54) is 0 Å². The third-order valence-corrected chi connectivity index (χ3v) is 4.57. The highest BCUT2D eigenvalue weighted by molar-refractivity contribution is 6.35. The minimum atomic E-state index is 0.146. The Balaban J connectivity index is 2.04. The van der Waals surface area contributed by atoms with Crippen molar-refractivity contribution in [2.24, 2.45) is 0 Å². The molecule has 1 aromatic carbocycles. The predicted octanol–water partition coefficient (Wildman–Crippen LogP) is 3.27. The van der Waals surface area contributed by atoms with Gasteiger partial charge in [0.05, 0.1) is 5.02 Å². The van der Waals surface area contributed by atoms with Crippen LogP contribution in [0.3, 0.4) is 0 Å². The molecule has 0 radical (unpaired) electrons. The zero-order valence-electron chi connectivity index (χ0n) is 11.3. The first-order valence-corrected chi connectivity index (χ1v) is 7.27. The third kappa shape index (κ3) is 3.54. The molecule has 0 aliphatic carbocycles. The number of phenolic OH excluding ortho intramolecular Hbond substituents is 1. The molecule has 1 fully saturated rings. The number of hydrogen-bond donors (Lipinski definition) is 2. The molecule has 106 valence electrons. The van der Waals surface area contributed by atoms with E-state index in [-0.39, 0.29) is 11.3 Å². The van der Waals surface area contributed by atoms with Crippen LogP contribution >= 0.6 is 23.2 Å². The second-order valence-corrected chi connectivity index (χ2v) is 6.33. The number of halogens is 2. The molecule has 1 aliphatic heterocycles. The summed E-state index contributed by atoms with van der Waals surface area (Å²) in [5.74, 6) is 0.146. The number of likely N-dealkylation sites (tertiary alicyclic amines) is 1. The van der Waals surface area contributed by atoms with Crippen molar-refractivity contribution >= 4 is 23.2 Å². The highest BCUT2D eigenvalue weighted by Crippen LogP contribution is 2.33. The van der Waals surface area contributed by atoms with Crippen LogP contribution in [0.25, 0.3) is 0 Å². The molecule has 5 heteroatoms. The van der Waals surface area contributed by atoms with Crippen molar-refractivity contribution in [2.45, 2.75) is 31.8 Å². The maximum Gasteiger partial charge on any atom is 0.138 e. The Labute approximate surface area is 124 Å². The third-order valence-electron chi connectivity index (χ3n) is 4.06. The minimum absolute atomic E-state index is 0.146. The summed E-state index contributed by atoms with van der Waals surface area (Å²) in [6.07, 6.45) is 2.19. The molecule has 2 rings (SSSR count). The highest BCUT2D eigenvalue weighted by atomic mass is 35.5. The van der Waals surface area contributed by atoms with Gasteiger partial charge >= 0.3 is 0 Å². The zero-order valence-corrected chi connectivity index (χ0v) is 12.9. The molecule has 0 amide bonds. The van der Waals surface area contributed by atoms with E-state index in [2.05, 4.69) is 17.1 Å². The van der Waals surface area contributed by atoms with E-state index in [1.807, 2.05) is 7.05 Å². The number of aromatic hydroxyl groups is 1. The highest BCUT2D eigenvalue weighted by Gasteiger charge is 2.28. The fraction of sp³-hybridized carbons (Fsp3) is 0.571. The average molecular weight is 303 g/mol. The van der Waals surface area contributed by atoms with Crippen LogP contribution in [-0.2, 0) is 6.54 Å². The number of nitrogens with zero attached hydrogens (tertiary/aromatic N) is 1. The Bertz CT molecular complexity index is 457.